The lowest BCUT2D eigenvalue weighted by atomic mass is 10.2. The minimum absolute atomic E-state index is 0.0515. The van der Waals surface area contributed by atoms with Crippen LogP contribution in [-0.4, -0.2) is 29.8 Å². The number of carbonyl (C=O) groups excluding carboxylic acids is 1. The number of ether oxygens (including phenoxy) is 1. The molecule has 1 aromatic heterocycles. The van der Waals surface area contributed by atoms with Gasteiger partial charge in [0.1, 0.15) is 0 Å². The number of aliphatic hydroxyl groups is 1. The highest BCUT2D eigenvalue weighted by Gasteiger charge is 2.04. The van der Waals surface area contributed by atoms with E-state index in [1.807, 2.05) is 0 Å². The lowest BCUT2D eigenvalue weighted by Crippen LogP contribution is -2.01. The van der Waals surface area contributed by atoms with Gasteiger partial charge in [-0.15, -0.1) is 0 Å². The predicted octanol–water partition coefficient (Wildman–Crippen LogP) is 0.874. The molecular formula is C10H11NO3. The van der Waals surface area contributed by atoms with Crippen LogP contribution in [0.25, 0.3) is 6.08 Å². The first-order chi connectivity index (χ1) is 6.77. The normalized spacial score (nSPS) is 10.4. The summed E-state index contributed by atoms with van der Waals surface area (Å²) in [7, 11) is 1.33. The summed E-state index contributed by atoms with van der Waals surface area (Å²) in [5, 5.41) is 8.55. The third-order valence-corrected chi connectivity index (χ3v) is 1.60. The van der Waals surface area contributed by atoms with Crippen molar-refractivity contribution in [2.45, 2.75) is 0 Å². The number of methoxy groups -OCH3 is 1. The zero-order valence-corrected chi connectivity index (χ0v) is 7.80. The SMILES string of the molecule is COC(=O)c1ccnc(C=CCO)c1. The van der Waals surface area contributed by atoms with Gasteiger partial charge >= 0.3 is 5.97 Å². The van der Waals surface area contributed by atoms with Crippen LogP contribution in [0.3, 0.4) is 0 Å². The predicted molar refractivity (Wildman–Crippen MR) is 51.7 cm³/mol. The van der Waals surface area contributed by atoms with Crippen molar-refractivity contribution in [1.82, 2.24) is 4.98 Å². The van der Waals surface area contributed by atoms with Gasteiger partial charge in [-0.05, 0) is 18.2 Å². The van der Waals surface area contributed by atoms with Gasteiger partial charge in [-0.3, -0.25) is 4.98 Å². The summed E-state index contributed by atoms with van der Waals surface area (Å²) in [6, 6.07) is 3.17. The molecule has 0 unspecified atom stereocenters. The highest BCUT2D eigenvalue weighted by atomic mass is 16.5. The van der Waals surface area contributed by atoms with Gasteiger partial charge < -0.3 is 9.84 Å². The van der Waals surface area contributed by atoms with Crippen molar-refractivity contribution in [3.63, 3.8) is 0 Å². The summed E-state index contributed by atoms with van der Waals surface area (Å²) in [5.74, 6) is -0.397. The van der Waals surface area contributed by atoms with Crippen LogP contribution in [0.5, 0.6) is 0 Å². The van der Waals surface area contributed by atoms with E-state index in [1.54, 1.807) is 24.3 Å². The molecule has 0 atom stereocenters. The fourth-order valence-electron chi connectivity index (χ4n) is 0.958. The molecule has 0 amide bonds. The third kappa shape index (κ3) is 2.67. The second-order valence-corrected chi connectivity index (χ2v) is 2.55. The molecule has 1 aromatic rings. The third-order valence-electron chi connectivity index (χ3n) is 1.60. The van der Waals surface area contributed by atoms with Crippen LogP contribution in [0.4, 0.5) is 0 Å². The first-order valence-corrected chi connectivity index (χ1v) is 4.09. The Morgan fingerprint density at radius 1 is 1.71 bits per heavy atom. The summed E-state index contributed by atoms with van der Waals surface area (Å²) in [5.41, 5.74) is 1.06. The van der Waals surface area contributed by atoms with Gasteiger partial charge in [-0.25, -0.2) is 4.79 Å². The minimum atomic E-state index is -0.397. The van der Waals surface area contributed by atoms with Gasteiger partial charge in [0, 0.05) is 6.20 Å². The van der Waals surface area contributed by atoms with E-state index in [4.69, 9.17) is 5.11 Å². The molecule has 1 heterocycles. The van der Waals surface area contributed by atoms with Gasteiger partial charge in [0.2, 0.25) is 0 Å². The van der Waals surface area contributed by atoms with Crippen molar-refractivity contribution in [2.75, 3.05) is 13.7 Å². The van der Waals surface area contributed by atoms with Gasteiger partial charge in [-0.1, -0.05) is 6.08 Å². The van der Waals surface area contributed by atoms with Crippen LogP contribution in [-0.2, 0) is 4.74 Å². The smallest absolute Gasteiger partial charge is 0.337 e. The molecule has 0 aliphatic carbocycles. The Bertz CT molecular complexity index is 347. The summed E-state index contributed by atoms with van der Waals surface area (Å²) >= 11 is 0. The molecule has 0 fully saturated rings. The molecule has 0 radical (unpaired) electrons. The average molecular weight is 193 g/mol. The van der Waals surface area contributed by atoms with E-state index in [2.05, 4.69) is 9.72 Å². The standard InChI is InChI=1S/C10H11NO3/c1-14-10(13)8-4-5-11-9(7-8)3-2-6-12/h2-5,7,12H,6H2,1H3. The van der Waals surface area contributed by atoms with Gasteiger partial charge in [-0.2, -0.15) is 0 Å². The number of pyridine rings is 1. The Morgan fingerprint density at radius 2 is 2.50 bits per heavy atom. The number of nitrogens with zero attached hydrogens (tertiary/aromatic N) is 1. The van der Waals surface area contributed by atoms with E-state index in [9.17, 15) is 4.79 Å². The first kappa shape index (κ1) is 10.4. The average Bonchev–Trinajstić information content (AvgIpc) is 2.25. The van der Waals surface area contributed by atoms with Crippen LogP contribution < -0.4 is 0 Å². The van der Waals surface area contributed by atoms with Crippen molar-refractivity contribution in [1.29, 1.82) is 0 Å². The fourth-order valence-corrected chi connectivity index (χ4v) is 0.958. The Kier molecular flexibility index (Phi) is 3.82. The molecule has 0 bridgehead atoms. The van der Waals surface area contributed by atoms with Crippen molar-refractivity contribution < 1.29 is 14.6 Å². The van der Waals surface area contributed by atoms with Gasteiger partial charge in [0.15, 0.2) is 0 Å². The van der Waals surface area contributed by atoms with E-state index in [0.29, 0.717) is 11.3 Å². The molecule has 1 rings (SSSR count). The van der Waals surface area contributed by atoms with Crippen LogP contribution in [0.15, 0.2) is 24.4 Å². The van der Waals surface area contributed by atoms with E-state index in [1.165, 1.54) is 13.3 Å². The maximum Gasteiger partial charge on any atom is 0.337 e. The second kappa shape index (κ2) is 5.14. The maximum absolute atomic E-state index is 11.1. The molecule has 4 heteroatoms. The Balaban J connectivity index is 2.89. The number of hydrogen-bond acceptors (Lipinski definition) is 4. The Morgan fingerprint density at radius 3 is 3.14 bits per heavy atom. The number of aromatic nitrogens is 1. The lowest BCUT2D eigenvalue weighted by Gasteiger charge is -1.99. The molecule has 4 nitrogen and oxygen atoms in total. The van der Waals surface area contributed by atoms with Gasteiger partial charge in [0.25, 0.3) is 0 Å². The molecule has 74 valence electrons. The van der Waals surface area contributed by atoms with E-state index in [-0.39, 0.29) is 6.61 Å². The molecule has 0 saturated heterocycles. The molecule has 0 saturated carbocycles. The molecule has 0 aliphatic rings. The summed E-state index contributed by atoms with van der Waals surface area (Å²) < 4.78 is 4.56. The van der Waals surface area contributed by atoms with Gasteiger partial charge in [0.05, 0.1) is 25.0 Å². The van der Waals surface area contributed by atoms with Crippen LogP contribution in [0, 0.1) is 0 Å². The number of aliphatic hydroxyl groups excluding tert-OH is 1. The van der Waals surface area contributed by atoms with Crippen molar-refractivity contribution in [3.05, 3.63) is 35.7 Å². The Labute approximate surface area is 81.9 Å². The highest BCUT2D eigenvalue weighted by molar-refractivity contribution is 5.89. The number of rotatable bonds is 3. The minimum Gasteiger partial charge on any atom is -0.465 e. The largest absolute Gasteiger partial charge is 0.465 e. The van der Waals surface area contributed by atoms with Crippen molar-refractivity contribution >= 4 is 12.0 Å². The Hall–Kier alpha value is -1.68. The topological polar surface area (TPSA) is 59.4 Å². The molecule has 1 N–H and O–H groups in total. The molecule has 0 spiro atoms. The molecule has 0 aliphatic heterocycles. The number of hydrogen-bond donors (Lipinski definition) is 1. The zero-order valence-electron chi connectivity index (χ0n) is 7.80. The lowest BCUT2D eigenvalue weighted by molar-refractivity contribution is 0.0600. The van der Waals surface area contributed by atoms with Crippen LogP contribution >= 0.6 is 0 Å². The summed E-state index contributed by atoms with van der Waals surface area (Å²) in [6.07, 6.45) is 4.69. The monoisotopic (exact) mass is 193 g/mol. The quantitative estimate of drug-likeness (QED) is 0.724. The van der Waals surface area contributed by atoms with E-state index < -0.39 is 5.97 Å². The second-order valence-electron chi connectivity index (χ2n) is 2.55. The molecule has 0 aromatic carbocycles. The van der Waals surface area contributed by atoms with Crippen molar-refractivity contribution in [2.24, 2.45) is 0 Å². The molecular weight excluding hydrogens is 182 g/mol. The van der Waals surface area contributed by atoms with Crippen LogP contribution in [0.1, 0.15) is 16.1 Å². The maximum atomic E-state index is 11.1. The summed E-state index contributed by atoms with van der Waals surface area (Å²) in [6.45, 7) is -0.0515. The molecule has 14 heavy (non-hydrogen) atoms. The van der Waals surface area contributed by atoms with E-state index >= 15 is 0 Å². The first-order valence-electron chi connectivity index (χ1n) is 4.09. The zero-order chi connectivity index (χ0) is 10.4. The van der Waals surface area contributed by atoms with E-state index in [0.717, 1.165) is 0 Å². The highest BCUT2D eigenvalue weighted by Crippen LogP contribution is 2.04. The summed E-state index contributed by atoms with van der Waals surface area (Å²) in [4.78, 5) is 15.1. The van der Waals surface area contributed by atoms with Crippen LogP contribution in [0.2, 0.25) is 0 Å². The van der Waals surface area contributed by atoms with Crippen molar-refractivity contribution in [3.8, 4) is 0 Å². The number of esters is 1. The number of carbonyl (C=O) groups is 1. The fraction of sp³-hybridized carbons (Fsp3) is 0.200.